The number of likely N-dealkylation sites (tertiary alicyclic amines) is 1. The van der Waals surface area contributed by atoms with E-state index < -0.39 is 0 Å². The zero-order valence-corrected chi connectivity index (χ0v) is 37.6. The zero-order chi connectivity index (χ0) is 44.7. The highest BCUT2D eigenvalue weighted by atomic mass is 16.5. The highest BCUT2D eigenvalue weighted by Crippen LogP contribution is 2.35. The van der Waals surface area contributed by atoms with Gasteiger partial charge in [0.05, 0.1) is 6.04 Å². The first-order chi connectivity index (χ1) is 30.8. The van der Waals surface area contributed by atoms with Crippen molar-refractivity contribution in [2.45, 2.75) is 91.0 Å². The Morgan fingerprint density at radius 1 is 0.875 bits per heavy atom. The van der Waals surface area contributed by atoms with Crippen LogP contribution in [-0.2, 0) is 10.2 Å². The third-order valence-corrected chi connectivity index (χ3v) is 13.2. The Kier molecular flexibility index (Phi) is 11.8. The fourth-order valence-electron chi connectivity index (χ4n) is 9.45. The van der Waals surface area contributed by atoms with E-state index >= 15 is 0 Å². The molecule has 4 amide bonds. The number of urea groups is 1. The molecule has 6 aromatic rings. The highest BCUT2D eigenvalue weighted by Gasteiger charge is 2.29. The quantitative estimate of drug-likeness (QED) is 0.122. The number of carbonyl (C=O) groups is 3. The van der Waals surface area contributed by atoms with Gasteiger partial charge in [0.2, 0.25) is 11.8 Å². The van der Waals surface area contributed by atoms with Gasteiger partial charge in [-0.05, 0) is 119 Å². The maximum absolute atomic E-state index is 13.0. The molecule has 7 heterocycles. The maximum atomic E-state index is 13.0. The van der Waals surface area contributed by atoms with Crippen molar-refractivity contribution >= 4 is 40.3 Å². The van der Waals surface area contributed by atoms with Crippen LogP contribution in [0.1, 0.15) is 111 Å². The summed E-state index contributed by atoms with van der Waals surface area (Å²) < 4.78 is 5.32. The summed E-state index contributed by atoms with van der Waals surface area (Å²) in [6.45, 7) is 17.7. The van der Waals surface area contributed by atoms with Crippen molar-refractivity contribution in [2.24, 2.45) is 5.92 Å². The number of nitrogens with one attached hydrogen (secondary N) is 3. The van der Waals surface area contributed by atoms with Gasteiger partial charge in [0.1, 0.15) is 5.69 Å². The molecule has 0 unspecified atom stereocenters. The number of piperidine rings is 2. The minimum atomic E-state index is -0.385. The van der Waals surface area contributed by atoms with Gasteiger partial charge < -0.3 is 19.6 Å². The van der Waals surface area contributed by atoms with Gasteiger partial charge in [0, 0.05) is 95.5 Å². The molecule has 0 aliphatic carbocycles. The Balaban J connectivity index is 0.770. The fraction of sp³-hybridized carbons (Fsp3) is 0.429. The average Bonchev–Trinajstić information content (AvgIpc) is 3.96. The monoisotopic (exact) mass is 863 g/mol. The summed E-state index contributed by atoms with van der Waals surface area (Å²) >= 11 is 0. The lowest BCUT2D eigenvalue weighted by Gasteiger charge is -2.38. The van der Waals surface area contributed by atoms with E-state index in [1.54, 1.807) is 4.90 Å². The molecule has 64 heavy (non-hydrogen) atoms. The number of imide groups is 1. The molecule has 3 N–H and O–H groups in total. The van der Waals surface area contributed by atoms with Crippen molar-refractivity contribution in [3.8, 4) is 22.4 Å². The van der Waals surface area contributed by atoms with Crippen LogP contribution < -0.4 is 20.4 Å². The first-order valence-corrected chi connectivity index (χ1v) is 22.5. The predicted molar refractivity (Wildman–Crippen MR) is 246 cm³/mol. The molecular formula is C49H57N11O4. The van der Waals surface area contributed by atoms with Crippen LogP contribution in [0, 0.1) is 19.8 Å². The number of aromatic amines is 1. The van der Waals surface area contributed by atoms with Crippen molar-refractivity contribution in [3.05, 3.63) is 101 Å². The smallest absolute Gasteiger partial charge is 0.328 e. The van der Waals surface area contributed by atoms with Gasteiger partial charge in [0.25, 0.3) is 11.7 Å². The van der Waals surface area contributed by atoms with Crippen molar-refractivity contribution in [2.75, 3.05) is 49.1 Å². The summed E-state index contributed by atoms with van der Waals surface area (Å²) in [5, 5.41) is 18.0. The molecule has 0 radical (unpaired) electrons. The number of aryl methyl sites for hydroxylation is 2. The second-order valence-electron chi connectivity index (χ2n) is 18.8. The van der Waals surface area contributed by atoms with Crippen molar-refractivity contribution in [3.63, 3.8) is 0 Å². The predicted octanol–water partition coefficient (Wildman–Crippen LogP) is 8.02. The number of H-pyrrole nitrogens is 1. The number of pyridine rings is 2. The molecule has 15 heteroatoms. The number of benzene rings is 2. The van der Waals surface area contributed by atoms with E-state index in [9.17, 15) is 14.4 Å². The number of hydrogen-bond donors (Lipinski definition) is 3. The second-order valence-corrected chi connectivity index (χ2v) is 18.8. The Labute approximate surface area is 373 Å². The van der Waals surface area contributed by atoms with Gasteiger partial charge in [-0.3, -0.25) is 29.9 Å². The van der Waals surface area contributed by atoms with E-state index in [1.165, 1.54) is 5.69 Å². The molecule has 0 bridgehead atoms. The van der Waals surface area contributed by atoms with Crippen LogP contribution in [0.3, 0.4) is 0 Å². The Bertz CT molecular complexity index is 2690. The van der Waals surface area contributed by atoms with Gasteiger partial charge in [-0.25, -0.2) is 9.78 Å². The summed E-state index contributed by atoms with van der Waals surface area (Å²) in [6.07, 6.45) is 8.71. The Morgan fingerprint density at radius 2 is 1.64 bits per heavy atom. The van der Waals surface area contributed by atoms with E-state index in [0.29, 0.717) is 36.3 Å². The van der Waals surface area contributed by atoms with Crippen LogP contribution in [0.5, 0.6) is 0 Å². The van der Waals surface area contributed by atoms with E-state index in [0.717, 1.165) is 114 Å². The lowest BCUT2D eigenvalue weighted by atomic mass is 9.90. The molecule has 0 spiro atoms. The van der Waals surface area contributed by atoms with Gasteiger partial charge in [0.15, 0.2) is 5.65 Å². The minimum absolute atomic E-state index is 0.0216. The summed E-state index contributed by atoms with van der Waals surface area (Å²) in [4.78, 5) is 57.8. The molecule has 1 atom stereocenters. The van der Waals surface area contributed by atoms with Crippen molar-refractivity contribution in [1.82, 2.24) is 45.8 Å². The molecule has 9 rings (SSSR count). The number of aromatic nitrogens is 6. The number of rotatable bonds is 10. The van der Waals surface area contributed by atoms with E-state index in [-0.39, 0.29) is 35.1 Å². The SMILES string of the molecule is Cc1cc(-c2n[nH]c3ncc(-c4ccc(C5CCN(CC6CCN(c7ccc(N8CCC(=O)NC8=O)c(C)c7)CC6)CC5)nc4)cc23)ccc1[C@@H](C)NC(=O)c1noc(C(C)(C)C)n1. The molecule has 15 nitrogen and oxygen atoms in total. The Morgan fingerprint density at radius 3 is 2.33 bits per heavy atom. The topological polar surface area (TPSA) is 178 Å². The van der Waals surface area contributed by atoms with Crippen LogP contribution in [0.25, 0.3) is 33.4 Å². The molecule has 3 saturated heterocycles. The van der Waals surface area contributed by atoms with Crippen LogP contribution in [0.2, 0.25) is 0 Å². The zero-order valence-electron chi connectivity index (χ0n) is 37.6. The molecule has 2 aromatic carbocycles. The lowest BCUT2D eigenvalue weighted by Crippen LogP contribution is -2.49. The molecule has 3 aliphatic heterocycles. The molecule has 0 saturated carbocycles. The first-order valence-electron chi connectivity index (χ1n) is 22.5. The molecule has 3 fully saturated rings. The molecule has 3 aliphatic rings. The number of amides is 4. The van der Waals surface area contributed by atoms with E-state index in [4.69, 9.17) is 14.5 Å². The Hall–Kier alpha value is -6.48. The summed E-state index contributed by atoms with van der Waals surface area (Å²) in [5.41, 5.74) is 10.4. The van der Waals surface area contributed by atoms with Gasteiger partial charge in [-0.1, -0.05) is 44.1 Å². The van der Waals surface area contributed by atoms with Crippen LogP contribution in [0.15, 0.2) is 71.5 Å². The first kappa shape index (κ1) is 42.8. The van der Waals surface area contributed by atoms with Crippen LogP contribution >= 0.6 is 0 Å². The maximum Gasteiger partial charge on any atom is 0.328 e. The largest absolute Gasteiger partial charge is 0.372 e. The standard InChI is InChI=1S/C49H57N11O4/c1-29-23-34(7-10-38(29)31(3)52-46(62)45-54-47(64-57-45)49(4,5)6)43-39-25-36(27-51-44(39)56-55-43)35-8-11-40(50-26-35)33-15-18-58(19-16-33)28-32-13-20-59(21-14-32)37-9-12-41(30(2)24-37)60-22-17-42(61)53-48(60)63/h7-12,23-27,31-33H,13-22,28H2,1-6H3,(H,52,62)(H,51,55,56)(H,53,61,63)/t31-/m1/s1. The number of nitrogens with zero attached hydrogens (tertiary/aromatic N) is 8. The summed E-state index contributed by atoms with van der Waals surface area (Å²) in [6, 6.07) is 18.3. The second kappa shape index (κ2) is 17.6. The fourth-order valence-corrected chi connectivity index (χ4v) is 9.45. The van der Waals surface area contributed by atoms with Gasteiger partial charge in [-0.15, -0.1) is 0 Å². The highest BCUT2D eigenvalue weighted by molar-refractivity contribution is 6.06. The minimum Gasteiger partial charge on any atom is -0.372 e. The van der Waals surface area contributed by atoms with E-state index in [1.807, 2.05) is 72.1 Å². The molecular weight excluding hydrogens is 807 g/mol. The van der Waals surface area contributed by atoms with Crippen molar-refractivity contribution in [1.29, 1.82) is 0 Å². The third kappa shape index (κ3) is 8.99. The molecule has 4 aromatic heterocycles. The van der Waals surface area contributed by atoms with E-state index in [2.05, 4.69) is 77.2 Å². The number of anilines is 2. The number of fused-ring (bicyclic) bond motifs is 1. The summed E-state index contributed by atoms with van der Waals surface area (Å²) in [5.74, 6) is 0.963. The average molecular weight is 864 g/mol. The van der Waals surface area contributed by atoms with Crippen LogP contribution in [-0.4, -0.2) is 92.3 Å². The third-order valence-electron chi connectivity index (χ3n) is 13.2. The molecule has 332 valence electrons. The number of carbonyl (C=O) groups excluding carboxylic acids is 3. The normalized spacial score (nSPS) is 17.5. The van der Waals surface area contributed by atoms with Crippen molar-refractivity contribution < 1.29 is 18.9 Å². The number of hydrogen-bond acceptors (Lipinski definition) is 11. The lowest BCUT2D eigenvalue weighted by molar-refractivity contribution is -0.120. The van der Waals surface area contributed by atoms with Gasteiger partial charge in [-0.2, -0.15) is 10.1 Å². The van der Waals surface area contributed by atoms with Gasteiger partial charge >= 0.3 is 6.03 Å². The van der Waals surface area contributed by atoms with Crippen LogP contribution in [0.4, 0.5) is 16.2 Å². The summed E-state index contributed by atoms with van der Waals surface area (Å²) in [7, 11) is 0.